The number of pyridine rings is 1. The number of aromatic nitrogens is 1. The number of nitrogens with zero attached hydrogens (tertiary/aromatic N) is 1. The van der Waals surface area contributed by atoms with E-state index in [0.29, 0.717) is 19.0 Å². The minimum atomic E-state index is -0.330. The van der Waals surface area contributed by atoms with Gasteiger partial charge in [0, 0.05) is 31.8 Å². The van der Waals surface area contributed by atoms with Crippen molar-refractivity contribution in [1.82, 2.24) is 10.3 Å². The molecule has 0 amide bonds. The maximum atomic E-state index is 12.8. The van der Waals surface area contributed by atoms with Gasteiger partial charge in [-0.25, -0.2) is 4.39 Å². The Morgan fingerprint density at radius 2 is 2.40 bits per heavy atom. The number of rotatable bonds is 6. The molecule has 1 atom stereocenters. The highest BCUT2D eigenvalue weighted by Gasteiger charge is 2.06. The summed E-state index contributed by atoms with van der Waals surface area (Å²) in [6.07, 6.45) is 2.80. The first kappa shape index (κ1) is 12.4. The molecule has 1 aromatic heterocycles. The molecular formula is C10H14ClFN2O. The highest BCUT2D eigenvalue weighted by Crippen LogP contribution is 2.01. The molecule has 0 fully saturated rings. The summed E-state index contributed by atoms with van der Waals surface area (Å²) >= 11 is 5.71. The third-order valence-electron chi connectivity index (χ3n) is 1.91. The first-order valence-corrected chi connectivity index (χ1v) is 5.17. The molecule has 0 aliphatic carbocycles. The third kappa shape index (κ3) is 4.55. The zero-order chi connectivity index (χ0) is 11.1. The van der Waals surface area contributed by atoms with Gasteiger partial charge in [0.05, 0.1) is 12.8 Å². The van der Waals surface area contributed by atoms with E-state index in [-0.39, 0.29) is 11.9 Å². The van der Waals surface area contributed by atoms with Crippen molar-refractivity contribution < 1.29 is 9.13 Å². The second-order valence-electron chi connectivity index (χ2n) is 3.20. The van der Waals surface area contributed by atoms with Crippen LogP contribution in [0.1, 0.15) is 5.56 Å². The lowest BCUT2D eigenvalue weighted by Gasteiger charge is -2.14. The van der Waals surface area contributed by atoms with Crippen molar-refractivity contribution in [3.05, 3.63) is 29.8 Å². The molecule has 1 N–H and O–H groups in total. The maximum Gasteiger partial charge on any atom is 0.141 e. The number of hydrogen-bond donors (Lipinski definition) is 1. The van der Waals surface area contributed by atoms with E-state index in [9.17, 15) is 4.39 Å². The molecule has 0 aliphatic heterocycles. The molecule has 1 aromatic rings. The van der Waals surface area contributed by atoms with Gasteiger partial charge in [-0.15, -0.1) is 11.6 Å². The van der Waals surface area contributed by atoms with Gasteiger partial charge in [-0.1, -0.05) is 0 Å². The van der Waals surface area contributed by atoms with Crippen LogP contribution in [0.25, 0.3) is 0 Å². The molecule has 1 unspecified atom stereocenters. The molecule has 0 radical (unpaired) electrons. The third-order valence-corrected chi connectivity index (χ3v) is 2.28. The monoisotopic (exact) mass is 232 g/mol. The van der Waals surface area contributed by atoms with Crippen LogP contribution in [0.4, 0.5) is 4.39 Å². The van der Waals surface area contributed by atoms with Crippen LogP contribution in [0.15, 0.2) is 18.5 Å². The first-order chi connectivity index (χ1) is 7.26. The minimum Gasteiger partial charge on any atom is -0.383 e. The van der Waals surface area contributed by atoms with E-state index in [2.05, 4.69) is 10.3 Å². The Morgan fingerprint density at radius 1 is 1.60 bits per heavy atom. The molecule has 1 rings (SSSR count). The van der Waals surface area contributed by atoms with Crippen molar-refractivity contribution in [2.24, 2.45) is 0 Å². The SMILES string of the molecule is COCC(CCl)NCc1cncc(F)c1. The van der Waals surface area contributed by atoms with Crippen LogP contribution in [0.5, 0.6) is 0 Å². The number of hydrogen-bond acceptors (Lipinski definition) is 3. The fraction of sp³-hybridized carbons (Fsp3) is 0.500. The molecule has 0 bridgehead atoms. The number of methoxy groups -OCH3 is 1. The van der Waals surface area contributed by atoms with Crippen molar-refractivity contribution >= 4 is 11.6 Å². The highest BCUT2D eigenvalue weighted by molar-refractivity contribution is 6.18. The second-order valence-corrected chi connectivity index (χ2v) is 3.51. The standard InChI is InChI=1S/C10H14ClFN2O/c1-15-7-10(3-11)14-5-8-2-9(12)6-13-4-8/h2,4,6,10,14H,3,5,7H2,1H3. The van der Waals surface area contributed by atoms with Gasteiger partial charge in [0.2, 0.25) is 0 Å². The fourth-order valence-electron chi connectivity index (χ4n) is 1.17. The summed E-state index contributed by atoms with van der Waals surface area (Å²) in [7, 11) is 1.62. The average molecular weight is 233 g/mol. The van der Waals surface area contributed by atoms with E-state index in [0.717, 1.165) is 5.56 Å². The van der Waals surface area contributed by atoms with E-state index in [1.165, 1.54) is 12.3 Å². The Bertz CT molecular complexity index is 299. The van der Waals surface area contributed by atoms with Gasteiger partial charge in [-0.3, -0.25) is 4.98 Å². The Morgan fingerprint density at radius 3 is 3.00 bits per heavy atom. The van der Waals surface area contributed by atoms with Gasteiger partial charge < -0.3 is 10.1 Å². The Hall–Kier alpha value is -0.710. The van der Waals surface area contributed by atoms with Crippen molar-refractivity contribution in [1.29, 1.82) is 0 Å². The van der Waals surface area contributed by atoms with E-state index in [1.54, 1.807) is 13.3 Å². The molecule has 15 heavy (non-hydrogen) atoms. The zero-order valence-corrected chi connectivity index (χ0v) is 9.30. The molecule has 0 aliphatic rings. The van der Waals surface area contributed by atoms with Crippen LogP contribution in [-0.2, 0) is 11.3 Å². The lowest BCUT2D eigenvalue weighted by molar-refractivity contribution is 0.172. The minimum absolute atomic E-state index is 0.0694. The van der Waals surface area contributed by atoms with Crippen LogP contribution in [0.2, 0.25) is 0 Å². The number of alkyl halides is 1. The molecule has 0 aromatic carbocycles. The van der Waals surface area contributed by atoms with Crippen LogP contribution in [-0.4, -0.2) is 30.6 Å². The first-order valence-electron chi connectivity index (χ1n) is 4.64. The van der Waals surface area contributed by atoms with Crippen molar-refractivity contribution in [2.45, 2.75) is 12.6 Å². The summed E-state index contributed by atoms with van der Waals surface area (Å²) < 4.78 is 17.8. The molecule has 1 heterocycles. The molecule has 5 heteroatoms. The zero-order valence-electron chi connectivity index (χ0n) is 8.54. The van der Waals surface area contributed by atoms with Crippen LogP contribution in [0.3, 0.4) is 0 Å². The van der Waals surface area contributed by atoms with Gasteiger partial charge in [-0.2, -0.15) is 0 Å². The van der Waals surface area contributed by atoms with Gasteiger partial charge in [0.25, 0.3) is 0 Å². The number of halogens is 2. The fourth-order valence-corrected chi connectivity index (χ4v) is 1.37. The molecular weight excluding hydrogens is 219 g/mol. The van der Waals surface area contributed by atoms with E-state index in [4.69, 9.17) is 16.3 Å². The molecule has 3 nitrogen and oxygen atoms in total. The van der Waals surface area contributed by atoms with Gasteiger partial charge in [-0.05, 0) is 11.6 Å². The van der Waals surface area contributed by atoms with E-state index >= 15 is 0 Å². The van der Waals surface area contributed by atoms with Crippen molar-refractivity contribution in [2.75, 3.05) is 19.6 Å². The topological polar surface area (TPSA) is 34.1 Å². The van der Waals surface area contributed by atoms with Crippen LogP contribution in [0, 0.1) is 5.82 Å². The number of nitrogens with one attached hydrogen (secondary N) is 1. The quantitative estimate of drug-likeness (QED) is 0.756. The smallest absolute Gasteiger partial charge is 0.141 e. The Balaban J connectivity index is 2.41. The normalized spacial score (nSPS) is 12.7. The van der Waals surface area contributed by atoms with Crippen LogP contribution < -0.4 is 5.32 Å². The highest BCUT2D eigenvalue weighted by atomic mass is 35.5. The second kappa shape index (κ2) is 6.71. The van der Waals surface area contributed by atoms with Crippen molar-refractivity contribution in [3.8, 4) is 0 Å². The van der Waals surface area contributed by atoms with Gasteiger partial charge >= 0.3 is 0 Å². The Kier molecular flexibility index (Phi) is 5.53. The molecule has 0 saturated heterocycles. The Labute approximate surface area is 93.6 Å². The lowest BCUT2D eigenvalue weighted by atomic mass is 10.2. The van der Waals surface area contributed by atoms with Gasteiger partial charge in [0.15, 0.2) is 0 Å². The maximum absolute atomic E-state index is 12.8. The summed E-state index contributed by atoms with van der Waals surface area (Å²) in [5.41, 5.74) is 0.793. The number of ether oxygens (including phenoxy) is 1. The van der Waals surface area contributed by atoms with E-state index < -0.39 is 0 Å². The lowest BCUT2D eigenvalue weighted by Crippen LogP contribution is -2.34. The molecule has 0 spiro atoms. The predicted molar refractivity (Wildman–Crippen MR) is 57.4 cm³/mol. The predicted octanol–water partition coefficient (Wildman–Crippen LogP) is 1.56. The summed E-state index contributed by atoms with van der Waals surface area (Å²) in [6, 6.07) is 1.51. The summed E-state index contributed by atoms with van der Waals surface area (Å²) in [5, 5.41) is 3.15. The van der Waals surface area contributed by atoms with Gasteiger partial charge in [0.1, 0.15) is 5.82 Å². The largest absolute Gasteiger partial charge is 0.383 e. The summed E-state index contributed by atoms with van der Waals surface area (Å²) in [6.45, 7) is 1.07. The van der Waals surface area contributed by atoms with E-state index in [1.807, 2.05) is 0 Å². The average Bonchev–Trinajstić information content (AvgIpc) is 2.24. The van der Waals surface area contributed by atoms with Crippen molar-refractivity contribution in [3.63, 3.8) is 0 Å². The molecule has 0 saturated carbocycles. The molecule has 84 valence electrons. The summed E-state index contributed by atoms with van der Waals surface area (Å²) in [4.78, 5) is 3.75. The van der Waals surface area contributed by atoms with Crippen LogP contribution >= 0.6 is 11.6 Å². The summed E-state index contributed by atoms with van der Waals surface area (Å²) in [5.74, 6) is 0.125.